The maximum atomic E-state index is 10.1. The Morgan fingerprint density at radius 3 is 2.75 bits per heavy atom. The summed E-state index contributed by atoms with van der Waals surface area (Å²) in [7, 11) is 0. The molecular formula is C13H26N2O. The summed E-state index contributed by atoms with van der Waals surface area (Å²) in [4.78, 5) is 2.42. The van der Waals surface area contributed by atoms with Gasteiger partial charge in [0.05, 0.1) is 5.60 Å². The van der Waals surface area contributed by atoms with Crippen LogP contribution in [-0.4, -0.2) is 41.3 Å². The number of hydrogen-bond acceptors (Lipinski definition) is 3. The molecule has 0 spiro atoms. The zero-order chi connectivity index (χ0) is 11.6. The van der Waals surface area contributed by atoms with Gasteiger partial charge in [-0.2, -0.15) is 0 Å². The van der Waals surface area contributed by atoms with Crippen molar-refractivity contribution in [1.29, 1.82) is 0 Å². The molecule has 0 aromatic carbocycles. The molecule has 1 aliphatic carbocycles. The number of piperidine rings is 1. The Balaban J connectivity index is 1.84. The van der Waals surface area contributed by atoms with Gasteiger partial charge in [-0.1, -0.05) is 12.8 Å². The topological polar surface area (TPSA) is 49.5 Å². The third kappa shape index (κ3) is 3.19. The summed E-state index contributed by atoms with van der Waals surface area (Å²) < 4.78 is 0. The number of β-amino-alcohol motifs (C(OH)–C–C–N with tert-alkyl or cyclic N) is 1. The maximum absolute atomic E-state index is 10.1. The Bertz CT molecular complexity index is 230. The normalized spacial score (nSPS) is 42.2. The van der Waals surface area contributed by atoms with E-state index in [1.165, 1.54) is 25.7 Å². The molecule has 1 saturated heterocycles. The molecule has 2 rings (SSSR count). The van der Waals surface area contributed by atoms with Gasteiger partial charge in [0.25, 0.3) is 0 Å². The summed E-state index contributed by atoms with van der Waals surface area (Å²) in [5.74, 6) is 0.655. The molecular weight excluding hydrogens is 200 g/mol. The fraction of sp³-hybridized carbons (Fsp3) is 1.00. The van der Waals surface area contributed by atoms with Crippen LogP contribution in [0.2, 0.25) is 0 Å². The third-order valence-corrected chi connectivity index (χ3v) is 4.21. The monoisotopic (exact) mass is 226 g/mol. The van der Waals surface area contributed by atoms with Gasteiger partial charge in [0.1, 0.15) is 0 Å². The van der Waals surface area contributed by atoms with Crippen LogP contribution < -0.4 is 5.73 Å². The highest BCUT2D eigenvalue weighted by molar-refractivity contribution is 4.86. The Kier molecular flexibility index (Phi) is 3.88. The molecule has 3 unspecified atom stereocenters. The molecule has 0 aromatic heterocycles. The van der Waals surface area contributed by atoms with E-state index < -0.39 is 5.60 Å². The number of likely N-dealkylation sites (tertiary alicyclic amines) is 1. The van der Waals surface area contributed by atoms with Crippen LogP contribution in [0.4, 0.5) is 0 Å². The fourth-order valence-corrected chi connectivity index (χ4v) is 3.27. The van der Waals surface area contributed by atoms with Gasteiger partial charge < -0.3 is 15.7 Å². The summed E-state index contributed by atoms with van der Waals surface area (Å²) >= 11 is 0. The van der Waals surface area contributed by atoms with Gasteiger partial charge in [-0.15, -0.1) is 0 Å². The molecule has 2 fully saturated rings. The lowest BCUT2D eigenvalue weighted by Gasteiger charge is -2.40. The standard InChI is InChI=1S/C13H26N2O/c1-13(16)7-4-8-15(10-13)9-11-5-2-3-6-12(11)14/h11-12,16H,2-10,14H2,1H3. The fourth-order valence-electron chi connectivity index (χ4n) is 3.27. The van der Waals surface area contributed by atoms with Gasteiger partial charge in [0.15, 0.2) is 0 Å². The van der Waals surface area contributed by atoms with Gasteiger partial charge in [-0.05, 0) is 45.1 Å². The molecule has 0 radical (unpaired) electrons. The molecule has 16 heavy (non-hydrogen) atoms. The maximum Gasteiger partial charge on any atom is 0.0746 e. The minimum absolute atomic E-state index is 0.389. The van der Waals surface area contributed by atoms with E-state index in [-0.39, 0.29) is 0 Å². The second-order valence-electron chi connectivity index (χ2n) is 6.04. The van der Waals surface area contributed by atoms with Crippen LogP contribution in [0.25, 0.3) is 0 Å². The minimum atomic E-state index is -0.475. The van der Waals surface area contributed by atoms with Crippen molar-refractivity contribution in [2.45, 2.75) is 57.1 Å². The first-order chi connectivity index (χ1) is 7.57. The first-order valence-electron chi connectivity index (χ1n) is 6.77. The van der Waals surface area contributed by atoms with Crippen LogP contribution in [0.1, 0.15) is 45.4 Å². The van der Waals surface area contributed by atoms with Crippen molar-refractivity contribution in [2.24, 2.45) is 11.7 Å². The highest BCUT2D eigenvalue weighted by atomic mass is 16.3. The molecule has 0 amide bonds. The van der Waals surface area contributed by atoms with Gasteiger partial charge in [0.2, 0.25) is 0 Å². The lowest BCUT2D eigenvalue weighted by atomic mass is 9.84. The summed E-state index contributed by atoms with van der Waals surface area (Å²) in [6.07, 6.45) is 7.17. The van der Waals surface area contributed by atoms with Crippen LogP contribution in [0, 0.1) is 5.92 Å². The van der Waals surface area contributed by atoms with E-state index in [4.69, 9.17) is 5.73 Å². The van der Waals surface area contributed by atoms with Crippen LogP contribution in [0.15, 0.2) is 0 Å². The summed E-state index contributed by atoms with van der Waals surface area (Å²) in [5, 5.41) is 10.1. The van der Waals surface area contributed by atoms with Gasteiger partial charge in [-0.3, -0.25) is 0 Å². The predicted molar refractivity (Wildman–Crippen MR) is 66.2 cm³/mol. The average Bonchev–Trinajstić information content (AvgIpc) is 2.20. The smallest absolute Gasteiger partial charge is 0.0746 e. The van der Waals surface area contributed by atoms with Gasteiger partial charge in [-0.25, -0.2) is 0 Å². The molecule has 2 aliphatic rings. The Hall–Kier alpha value is -0.120. The highest BCUT2D eigenvalue weighted by Gasteiger charge is 2.31. The van der Waals surface area contributed by atoms with Crippen molar-refractivity contribution in [3.63, 3.8) is 0 Å². The Labute approximate surface area is 99.0 Å². The SMILES string of the molecule is CC1(O)CCCN(CC2CCCCC2N)C1. The zero-order valence-electron chi connectivity index (χ0n) is 10.5. The third-order valence-electron chi connectivity index (χ3n) is 4.21. The molecule has 3 heteroatoms. The second-order valence-corrected chi connectivity index (χ2v) is 6.04. The van der Waals surface area contributed by atoms with E-state index in [0.717, 1.165) is 32.5 Å². The van der Waals surface area contributed by atoms with Crippen molar-refractivity contribution in [3.05, 3.63) is 0 Å². The first kappa shape index (κ1) is 12.3. The summed E-state index contributed by atoms with van der Waals surface area (Å²) in [6.45, 7) is 5.02. The quantitative estimate of drug-likeness (QED) is 0.747. The van der Waals surface area contributed by atoms with E-state index in [2.05, 4.69) is 4.90 Å². The minimum Gasteiger partial charge on any atom is -0.389 e. The van der Waals surface area contributed by atoms with Crippen LogP contribution >= 0.6 is 0 Å². The molecule has 3 nitrogen and oxygen atoms in total. The van der Waals surface area contributed by atoms with Crippen LogP contribution in [0.5, 0.6) is 0 Å². The lowest BCUT2D eigenvalue weighted by Crippen LogP contribution is -2.50. The van der Waals surface area contributed by atoms with E-state index >= 15 is 0 Å². The van der Waals surface area contributed by atoms with Gasteiger partial charge >= 0.3 is 0 Å². The van der Waals surface area contributed by atoms with Crippen molar-refractivity contribution in [2.75, 3.05) is 19.6 Å². The summed E-state index contributed by atoms with van der Waals surface area (Å²) in [5.41, 5.74) is 5.70. The number of nitrogens with zero attached hydrogens (tertiary/aromatic N) is 1. The molecule has 3 atom stereocenters. The lowest BCUT2D eigenvalue weighted by molar-refractivity contribution is -0.0223. The van der Waals surface area contributed by atoms with E-state index in [1.54, 1.807) is 0 Å². The largest absolute Gasteiger partial charge is 0.389 e. The molecule has 1 aliphatic heterocycles. The van der Waals surface area contributed by atoms with Gasteiger partial charge in [0, 0.05) is 19.1 Å². The molecule has 1 saturated carbocycles. The van der Waals surface area contributed by atoms with Crippen molar-refractivity contribution in [1.82, 2.24) is 4.90 Å². The number of rotatable bonds is 2. The predicted octanol–water partition coefficient (Wildman–Crippen LogP) is 1.35. The second kappa shape index (κ2) is 5.03. The molecule has 94 valence electrons. The van der Waals surface area contributed by atoms with E-state index in [1.807, 2.05) is 6.92 Å². The Morgan fingerprint density at radius 1 is 1.31 bits per heavy atom. The number of nitrogens with two attached hydrogens (primary N) is 1. The van der Waals surface area contributed by atoms with Crippen molar-refractivity contribution < 1.29 is 5.11 Å². The number of aliphatic hydroxyl groups is 1. The molecule has 0 bridgehead atoms. The van der Waals surface area contributed by atoms with Crippen molar-refractivity contribution >= 4 is 0 Å². The molecule has 3 N–H and O–H groups in total. The first-order valence-corrected chi connectivity index (χ1v) is 6.77. The Morgan fingerprint density at radius 2 is 2.06 bits per heavy atom. The average molecular weight is 226 g/mol. The number of hydrogen-bond donors (Lipinski definition) is 2. The van der Waals surface area contributed by atoms with Crippen molar-refractivity contribution in [3.8, 4) is 0 Å². The van der Waals surface area contributed by atoms with Crippen LogP contribution in [0.3, 0.4) is 0 Å². The molecule has 1 heterocycles. The zero-order valence-corrected chi connectivity index (χ0v) is 10.5. The van der Waals surface area contributed by atoms with Crippen LogP contribution in [-0.2, 0) is 0 Å². The highest BCUT2D eigenvalue weighted by Crippen LogP contribution is 2.26. The summed E-state index contributed by atoms with van der Waals surface area (Å²) in [6, 6.07) is 0.389. The van der Waals surface area contributed by atoms with E-state index in [0.29, 0.717) is 12.0 Å². The van der Waals surface area contributed by atoms with E-state index in [9.17, 15) is 5.11 Å². The molecule has 0 aromatic rings.